The number of hydrogen-bond acceptors (Lipinski definition) is 4. The Morgan fingerprint density at radius 3 is 2.23 bits per heavy atom. The van der Waals surface area contributed by atoms with E-state index in [0.717, 1.165) is 28.4 Å². The van der Waals surface area contributed by atoms with Gasteiger partial charge in [0.05, 0.1) is 11.9 Å². The van der Waals surface area contributed by atoms with E-state index in [0.29, 0.717) is 13.1 Å². The molecule has 2 aromatic carbocycles. The molecule has 0 aliphatic rings. The van der Waals surface area contributed by atoms with Gasteiger partial charge in [0, 0.05) is 25.8 Å². The summed E-state index contributed by atoms with van der Waals surface area (Å²) in [4.78, 5) is 14.1. The van der Waals surface area contributed by atoms with Crippen LogP contribution in [0.1, 0.15) is 0 Å². The lowest BCUT2D eigenvalue weighted by Crippen LogP contribution is -2.42. The number of hydrogen-bond donors (Lipinski definition) is 1. The van der Waals surface area contributed by atoms with E-state index in [9.17, 15) is 17.6 Å². The first-order valence-corrected chi connectivity index (χ1v) is 9.88. The second-order valence-corrected chi connectivity index (χ2v) is 7.76. The summed E-state index contributed by atoms with van der Waals surface area (Å²) in [6.45, 7) is 0.579. The first kappa shape index (κ1) is 19.7. The molecule has 0 radical (unpaired) electrons. The lowest BCUT2D eigenvalue weighted by Gasteiger charge is -2.23. The van der Waals surface area contributed by atoms with Crippen LogP contribution >= 0.6 is 0 Å². The Balaban J connectivity index is 1.92. The van der Waals surface area contributed by atoms with Crippen molar-refractivity contribution in [2.75, 3.05) is 42.1 Å². The third-order valence-electron chi connectivity index (χ3n) is 3.77. The first-order valence-electron chi connectivity index (χ1n) is 8.03. The fourth-order valence-corrected chi connectivity index (χ4v) is 3.22. The van der Waals surface area contributed by atoms with Gasteiger partial charge in [0.2, 0.25) is 15.9 Å². The lowest BCUT2D eigenvalue weighted by atomic mass is 10.3. The molecule has 2 aromatic rings. The number of rotatable bonds is 8. The quantitative estimate of drug-likeness (QED) is 0.760. The monoisotopic (exact) mass is 379 g/mol. The minimum absolute atomic E-state index is 0.241. The Morgan fingerprint density at radius 2 is 1.65 bits per heavy atom. The molecule has 0 saturated heterocycles. The summed E-state index contributed by atoms with van der Waals surface area (Å²) in [5.41, 5.74) is 1.26. The molecule has 8 heteroatoms. The fourth-order valence-electron chi connectivity index (χ4n) is 2.37. The van der Waals surface area contributed by atoms with E-state index >= 15 is 0 Å². The van der Waals surface area contributed by atoms with Gasteiger partial charge in [0.15, 0.2) is 0 Å². The van der Waals surface area contributed by atoms with Crippen molar-refractivity contribution in [1.82, 2.24) is 5.32 Å². The van der Waals surface area contributed by atoms with Gasteiger partial charge in [0.1, 0.15) is 12.4 Å². The molecule has 1 amide bonds. The molecular formula is C18H22FN3O3S. The molecule has 0 unspecified atom stereocenters. The topological polar surface area (TPSA) is 69.7 Å². The number of nitrogens with one attached hydrogen (secondary N) is 1. The zero-order valence-corrected chi connectivity index (χ0v) is 15.5. The molecule has 0 aromatic heterocycles. The van der Waals surface area contributed by atoms with Gasteiger partial charge in [0.25, 0.3) is 0 Å². The van der Waals surface area contributed by atoms with Crippen molar-refractivity contribution >= 4 is 27.3 Å². The van der Waals surface area contributed by atoms with E-state index in [2.05, 4.69) is 5.32 Å². The maximum absolute atomic E-state index is 13.0. The molecule has 140 valence electrons. The number of amides is 1. The van der Waals surface area contributed by atoms with Gasteiger partial charge in [-0.3, -0.25) is 9.10 Å². The van der Waals surface area contributed by atoms with Crippen LogP contribution in [0.15, 0.2) is 54.6 Å². The van der Waals surface area contributed by atoms with Gasteiger partial charge >= 0.3 is 0 Å². The van der Waals surface area contributed by atoms with E-state index in [4.69, 9.17) is 0 Å². The van der Waals surface area contributed by atoms with Gasteiger partial charge in [-0.05, 0) is 36.4 Å². The molecule has 0 saturated carbocycles. The summed E-state index contributed by atoms with van der Waals surface area (Å²) in [5.74, 6) is -0.906. The molecule has 0 aliphatic heterocycles. The SMILES string of the molecule is CN(CCNC(=O)CN(c1ccc(F)cc1)S(C)(=O)=O)c1ccccc1. The van der Waals surface area contributed by atoms with Gasteiger partial charge in [-0.1, -0.05) is 18.2 Å². The molecule has 0 atom stereocenters. The average Bonchev–Trinajstić information content (AvgIpc) is 2.60. The lowest BCUT2D eigenvalue weighted by molar-refractivity contribution is -0.119. The molecule has 0 bridgehead atoms. The van der Waals surface area contributed by atoms with Crippen LogP contribution in [0, 0.1) is 5.82 Å². The van der Waals surface area contributed by atoms with Crippen LogP contribution in [0.2, 0.25) is 0 Å². The molecule has 6 nitrogen and oxygen atoms in total. The zero-order chi connectivity index (χ0) is 19.2. The molecule has 1 N–H and O–H groups in total. The minimum atomic E-state index is -3.67. The van der Waals surface area contributed by atoms with Crippen LogP contribution in [0.25, 0.3) is 0 Å². The van der Waals surface area contributed by atoms with E-state index in [1.807, 2.05) is 42.3 Å². The molecule has 0 aliphatic carbocycles. The van der Waals surface area contributed by atoms with E-state index < -0.39 is 21.7 Å². The van der Waals surface area contributed by atoms with Crippen LogP contribution in [0.3, 0.4) is 0 Å². The molecular weight excluding hydrogens is 357 g/mol. The van der Waals surface area contributed by atoms with E-state index in [1.165, 1.54) is 12.1 Å². The Hall–Kier alpha value is -2.61. The number of para-hydroxylation sites is 1. The Kier molecular flexibility index (Phi) is 6.57. The number of halogens is 1. The Bertz CT molecular complexity index is 827. The summed E-state index contributed by atoms with van der Waals surface area (Å²) >= 11 is 0. The van der Waals surface area contributed by atoms with Crippen LogP contribution in [0.4, 0.5) is 15.8 Å². The molecule has 26 heavy (non-hydrogen) atoms. The maximum atomic E-state index is 13.0. The van der Waals surface area contributed by atoms with Crippen LogP contribution < -0.4 is 14.5 Å². The van der Waals surface area contributed by atoms with Crippen LogP contribution in [0.5, 0.6) is 0 Å². The summed E-state index contributed by atoms with van der Waals surface area (Å²) in [6.07, 6.45) is 1.01. The largest absolute Gasteiger partial charge is 0.373 e. The number of sulfonamides is 1. The van der Waals surface area contributed by atoms with Crippen molar-refractivity contribution in [1.29, 1.82) is 0 Å². The van der Waals surface area contributed by atoms with Gasteiger partial charge in [-0.15, -0.1) is 0 Å². The molecule has 2 rings (SSSR count). The molecule has 0 heterocycles. The van der Waals surface area contributed by atoms with Crippen LogP contribution in [-0.4, -0.2) is 47.3 Å². The smallest absolute Gasteiger partial charge is 0.240 e. The third-order valence-corrected chi connectivity index (χ3v) is 4.91. The predicted octanol–water partition coefficient (Wildman–Crippen LogP) is 1.84. The second kappa shape index (κ2) is 8.66. The Morgan fingerprint density at radius 1 is 1.04 bits per heavy atom. The van der Waals surface area contributed by atoms with Crippen molar-refractivity contribution in [2.45, 2.75) is 0 Å². The van der Waals surface area contributed by atoms with Gasteiger partial charge in [-0.25, -0.2) is 12.8 Å². The summed E-state index contributed by atoms with van der Waals surface area (Å²) < 4.78 is 37.9. The first-order chi connectivity index (χ1) is 12.3. The summed E-state index contributed by atoms with van der Waals surface area (Å²) in [6, 6.07) is 14.7. The normalized spacial score (nSPS) is 11.0. The highest BCUT2D eigenvalue weighted by Crippen LogP contribution is 2.17. The van der Waals surface area contributed by atoms with Crippen molar-refractivity contribution < 1.29 is 17.6 Å². The number of benzene rings is 2. The fraction of sp³-hybridized carbons (Fsp3) is 0.278. The van der Waals surface area contributed by atoms with Crippen molar-refractivity contribution in [3.8, 4) is 0 Å². The minimum Gasteiger partial charge on any atom is -0.373 e. The Labute approximate surface area is 153 Å². The maximum Gasteiger partial charge on any atom is 0.240 e. The number of anilines is 2. The summed E-state index contributed by atoms with van der Waals surface area (Å²) in [5, 5.41) is 2.71. The highest BCUT2D eigenvalue weighted by Gasteiger charge is 2.20. The number of nitrogens with zero attached hydrogens (tertiary/aromatic N) is 2. The number of likely N-dealkylation sites (N-methyl/N-ethyl adjacent to an activating group) is 1. The highest BCUT2D eigenvalue weighted by molar-refractivity contribution is 7.92. The standard InChI is InChI=1S/C18H22FN3O3S/c1-21(16-6-4-3-5-7-16)13-12-20-18(23)14-22(26(2,24)25)17-10-8-15(19)9-11-17/h3-11H,12-14H2,1-2H3,(H,20,23). The van der Waals surface area contributed by atoms with E-state index in [-0.39, 0.29) is 12.2 Å². The highest BCUT2D eigenvalue weighted by atomic mass is 32.2. The third kappa shape index (κ3) is 5.73. The van der Waals surface area contributed by atoms with Gasteiger partial charge < -0.3 is 10.2 Å². The molecule has 0 spiro atoms. The number of carbonyl (C=O) groups excluding carboxylic acids is 1. The number of carbonyl (C=O) groups is 1. The van der Waals surface area contributed by atoms with Crippen LogP contribution in [-0.2, 0) is 14.8 Å². The second-order valence-electron chi connectivity index (χ2n) is 5.85. The van der Waals surface area contributed by atoms with Crippen molar-refractivity contribution in [2.24, 2.45) is 0 Å². The van der Waals surface area contributed by atoms with Crippen molar-refractivity contribution in [3.05, 3.63) is 60.4 Å². The summed E-state index contributed by atoms with van der Waals surface area (Å²) in [7, 11) is -1.77. The average molecular weight is 379 g/mol. The van der Waals surface area contributed by atoms with Crippen molar-refractivity contribution in [3.63, 3.8) is 0 Å². The zero-order valence-electron chi connectivity index (χ0n) is 14.7. The molecule has 0 fully saturated rings. The predicted molar refractivity (Wildman–Crippen MR) is 101 cm³/mol. The van der Waals surface area contributed by atoms with E-state index in [1.54, 1.807) is 0 Å². The van der Waals surface area contributed by atoms with Gasteiger partial charge in [-0.2, -0.15) is 0 Å².